The van der Waals surface area contributed by atoms with Gasteiger partial charge in [0.2, 0.25) is 0 Å². The van der Waals surface area contributed by atoms with Crippen LogP contribution in [0.1, 0.15) is 25.5 Å². The molecule has 1 aromatic heterocycles. The minimum absolute atomic E-state index is 0.511. The number of fused-ring (bicyclic) bond motifs is 1. The zero-order valence-electron chi connectivity index (χ0n) is 11.4. The Balaban J connectivity index is 1.58. The summed E-state index contributed by atoms with van der Waals surface area (Å²) in [6.07, 6.45) is 2.32. The van der Waals surface area contributed by atoms with Gasteiger partial charge in [-0.25, -0.2) is 0 Å². The predicted molar refractivity (Wildman–Crippen MR) is 76.1 cm³/mol. The van der Waals surface area contributed by atoms with E-state index >= 15 is 0 Å². The van der Waals surface area contributed by atoms with Crippen LogP contribution in [0.2, 0.25) is 0 Å². The van der Waals surface area contributed by atoms with Crippen LogP contribution in [0.5, 0.6) is 0 Å². The fourth-order valence-electron chi connectivity index (χ4n) is 2.77. The number of para-hydroxylation sites is 1. The van der Waals surface area contributed by atoms with E-state index in [9.17, 15) is 0 Å². The van der Waals surface area contributed by atoms with Crippen molar-refractivity contribution in [3.63, 3.8) is 0 Å². The minimum Gasteiger partial charge on any atom is -0.460 e. The van der Waals surface area contributed by atoms with Crippen LogP contribution in [0.3, 0.4) is 0 Å². The molecule has 1 N–H and O–H groups in total. The first-order valence-corrected chi connectivity index (χ1v) is 7.11. The van der Waals surface area contributed by atoms with Gasteiger partial charge < -0.3 is 14.5 Å². The number of hydrogen-bond acceptors (Lipinski definition) is 3. The van der Waals surface area contributed by atoms with Crippen LogP contribution in [0, 0.1) is 5.92 Å². The van der Waals surface area contributed by atoms with Gasteiger partial charge >= 0.3 is 0 Å². The third-order valence-electron chi connectivity index (χ3n) is 4.05. The van der Waals surface area contributed by atoms with Crippen LogP contribution < -0.4 is 5.32 Å². The Labute approximate surface area is 113 Å². The van der Waals surface area contributed by atoms with Crippen molar-refractivity contribution in [2.45, 2.75) is 32.4 Å². The molecular formula is C16H21NO2. The second-order valence-electron chi connectivity index (χ2n) is 5.37. The van der Waals surface area contributed by atoms with Gasteiger partial charge in [-0.05, 0) is 37.8 Å². The van der Waals surface area contributed by atoms with E-state index in [1.807, 2.05) is 18.2 Å². The van der Waals surface area contributed by atoms with E-state index in [0.717, 1.165) is 49.9 Å². The van der Waals surface area contributed by atoms with Crippen molar-refractivity contribution in [1.29, 1.82) is 0 Å². The lowest BCUT2D eigenvalue weighted by Crippen LogP contribution is -2.36. The molecule has 3 nitrogen and oxygen atoms in total. The average molecular weight is 259 g/mol. The molecule has 0 bridgehead atoms. The quantitative estimate of drug-likeness (QED) is 0.914. The van der Waals surface area contributed by atoms with Crippen LogP contribution >= 0.6 is 0 Å². The zero-order chi connectivity index (χ0) is 13.1. The highest BCUT2D eigenvalue weighted by atomic mass is 16.5. The average Bonchev–Trinajstić information content (AvgIpc) is 2.88. The predicted octanol–water partition coefficient (Wildman–Crippen LogP) is 3.34. The SMILES string of the molecule is CC(NCc1cc2ccccc2o1)C1CCOCC1. The summed E-state index contributed by atoms with van der Waals surface area (Å²) in [5.74, 6) is 1.73. The summed E-state index contributed by atoms with van der Waals surface area (Å²) >= 11 is 0. The van der Waals surface area contributed by atoms with Gasteiger partial charge in [-0.15, -0.1) is 0 Å². The summed E-state index contributed by atoms with van der Waals surface area (Å²) in [5, 5.41) is 4.76. The third kappa shape index (κ3) is 2.99. The lowest BCUT2D eigenvalue weighted by atomic mass is 9.93. The Hall–Kier alpha value is -1.32. The van der Waals surface area contributed by atoms with Crippen molar-refractivity contribution < 1.29 is 9.15 Å². The molecule has 0 saturated carbocycles. The number of benzene rings is 1. The Morgan fingerprint density at radius 1 is 1.26 bits per heavy atom. The van der Waals surface area contributed by atoms with E-state index in [0.29, 0.717) is 6.04 Å². The molecule has 2 aromatic rings. The molecule has 1 saturated heterocycles. The van der Waals surface area contributed by atoms with Gasteiger partial charge in [0.05, 0.1) is 6.54 Å². The van der Waals surface area contributed by atoms with Gasteiger partial charge in [-0.1, -0.05) is 18.2 Å². The molecule has 2 heterocycles. The second-order valence-corrected chi connectivity index (χ2v) is 5.37. The molecule has 0 aliphatic carbocycles. The summed E-state index contributed by atoms with van der Waals surface area (Å²) in [6, 6.07) is 10.8. The summed E-state index contributed by atoms with van der Waals surface area (Å²) in [6.45, 7) is 4.87. The van der Waals surface area contributed by atoms with E-state index in [1.54, 1.807) is 0 Å². The van der Waals surface area contributed by atoms with Gasteiger partial charge in [-0.3, -0.25) is 0 Å². The maximum Gasteiger partial charge on any atom is 0.134 e. The second kappa shape index (κ2) is 5.76. The first-order valence-electron chi connectivity index (χ1n) is 7.11. The maximum atomic E-state index is 5.82. The molecule has 1 atom stereocenters. The molecule has 3 rings (SSSR count). The highest BCUT2D eigenvalue weighted by Gasteiger charge is 2.20. The lowest BCUT2D eigenvalue weighted by molar-refractivity contribution is 0.0556. The molecule has 0 amide bonds. The third-order valence-corrected chi connectivity index (χ3v) is 4.05. The fraction of sp³-hybridized carbons (Fsp3) is 0.500. The van der Waals surface area contributed by atoms with E-state index in [-0.39, 0.29) is 0 Å². The van der Waals surface area contributed by atoms with Crippen molar-refractivity contribution in [3.05, 3.63) is 36.1 Å². The molecule has 1 fully saturated rings. The molecule has 102 valence electrons. The van der Waals surface area contributed by atoms with Gasteiger partial charge in [0.25, 0.3) is 0 Å². The molecule has 0 spiro atoms. The summed E-state index contributed by atoms with van der Waals surface area (Å²) in [5.41, 5.74) is 0.970. The van der Waals surface area contributed by atoms with Gasteiger partial charge in [-0.2, -0.15) is 0 Å². The Morgan fingerprint density at radius 3 is 2.84 bits per heavy atom. The summed E-state index contributed by atoms with van der Waals surface area (Å²) < 4.78 is 11.2. The van der Waals surface area contributed by atoms with Crippen LogP contribution in [0.4, 0.5) is 0 Å². The number of hydrogen-bond donors (Lipinski definition) is 1. The summed E-state index contributed by atoms with van der Waals surface area (Å²) in [7, 11) is 0. The first kappa shape index (κ1) is 12.7. The Kier molecular flexibility index (Phi) is 3.85. The van der Waals surface area contributed by atoms with Crippen LogP contribution in [0.15, 0.2) is 34.7 Å². The molecular weight excluding hydrogens is 238 g/mol. The highest BCUT2D eigenvalue weighted by molar-refractivity contribution is 5.77. The van der Waals surface area contributed by atoms with Crippen molar-refractivity contribution in [1.82, 2.24) is 5.32 Å². The minimum atomic E-state index is 0.511. The van der Waals surface area contributed by atoms with E-state index in [1.165, 1.54) is 5.39 Å². The number of furan rings is 1. The maximum absolute atomic E-state index is 5.82. The van der Waals surface area contributed by atoms with Crippen LogP contribution in [-0.2, 0) is 11.3 Å². The zero-order valence-corrected chi connectivity index (χ0v) is 11.4. The Bertz CT molecular complexity index is 495. The molecule has 1 aliphatic heterocycles. The molecule has 1 unspecified atom stereocenters. The molecule has 1 aromatic carbocycles. The van der Waals surface area contributed by atoms with Gasteiger partial charge in [0.15, 0.2) is 0 Å². The number of rotatable bonds is 4. The Morgan fingerprint density at radius 2 is 2.05 bits per heavy atom. The largest absolute Gasteiger partial charge is 0.460 e. The summed E-state index contributed by atoms with van der Waals surface area (Å²) in [4.78, 5) is 0. The molecule has 19 heavy (non-hydrogen) atoms. The smallest absolute Gasteiger partial charge is 0.134 e. The first-order chi connectivity index (χ1) is 9.33. The molecule has 1 aliphatic rings. The van der Waals surface area contributed by atoms with Gasteiger partial charge in [0.1, 0.15) is 11.3 Å². The van der Waals surface area contributed by atoms with Crippen molar-refractivity contribution >= 4 is 11.0 Å². The van der Waals surface area contributed by atoms with Crippen molar-refractivity contribution in [3.8, 4) is 0 Å². The van der Waals surface area contributed by atoms with Crippen LogP contribution in [-0.4, -0.2) is 19.3 Å². The molecule has 3 heteroatoms. The van der Waals surface area contributed by atoms with Crippen LogP contribution in [0.25, 0.3) is 11.0 Å². The fourth-order valence-corrected chi connectivity index (χ4v) is 2.77. The molecule has 0 radical (unpaired) electrons. The normalized spacial score (nSPS) is 18.8. The van der Waals surface area contributed by atoms with E-state index in [4.69, 9.17) is 9.15 Å². The van der Waals surface area contributed by atoms with E-state index in [2.05, 4.69) is 24.4 Å². The number of nitrogens with one attached hydrogen (secondary N) is 1. The van der Waals surface area contributed by atoms with Gasteiger partial charge in [0, 0.05) is 24.6 Å². The monoisotopic (exact) mass is 259 g/mol. The topological polar surface area (TPSA) is 34.4 Å². The highest BCUT2D eigenvalue weighted by Crippen LogP contribution is 2.21. The van der Waals surface area contributed by atoms with Crippen molar-refractivity contribution in [2.24, 2.45) is 5.92 Å². The number of ether oxygens (including phenoxy) is 1. The van der Waals surface area contributed by atoms with Crippen molar-refractivity contribution in [2.75, 3.05) is 13.2 Å². The van der Waals surface area contributed by atoms with E-state index < -0.39 is 0 Å². The lowest BCUT2D eigenvalue weighted by Gasteiger charge is -2.28. The standard InChI is InChI=1S/C16H21NO2/c1-12(13-6-8-18-9-7-13)17-11-15-10-14-4-2-3-5-16(14)19-15/h2-5,10,12-13,17H,6-9,11H2,1H3.